The molecule has 1 aromatic carbocycles. The SMILES string of the molecule is COC(=O)CC1Cc2ccc(OCCNc3cccc(N(C)C(=O)OC(C)(C)C)n3)cc2CN(CCCOCCOCCOCCCNC(=O)OC(C)(C)C)C1=O. The van der Waals surface area contributed by atoms with Crippen LogP contribution in [-0.4, -0.2) is 125 Å². The molecule has 2 N–H and O–H groups in total. The Bertz CT molecular complexity index is 1580. The molecule has 318 valence electrons. The van der Waals surface area contributed by atoms with Crippen molar-refractivity contribution in [1.82, 2.24) is 15.2 Å². The lowest BCUT2D eigenvalue weighted by Gasteiger charge is -2.24. The summed E-state index contributed by atoms with van der Waals surface area (Å²) in [4.78, 5) is 57.6. The number of anilines is 2. The largest absolute Gasteiger partial charge is 0.492 e. The van der Waals surface area contributed by atoms with Gasteiger partial charge in [0.1, 0.15) is 35.2 Å². The molecule has 3 amide bonds. The van der Waals surface area contributed by atoms with E-state index in [4.69, 9.17) is 33.2 Å². The minimum Gasteiger partial charge on any atom is -0.492 e. The molecule has 1 aliphatic rings. The average Bonchev–Trinajstić information content (AvgIpc) is 3.26. The highest BCUT2D eigenvalue weighted by Gasteiger charge is 2.31. The third-order valence-electron chi connectivity index (χ3n) is 8.32. The predicted molar refractivity (Wildman–Crippen MR) is 214 cm³/mol. The van der Waals surface area contributed by atoms with Crippen molar-refractivity contribution < 1.29 is 52.3 Å². The Morgan fingerprint density at radius 1 is 0.842 bits per heavy atom. The zero-order valence-electron chi connectivity index (χ0n) is 35.0. The summed E-state index contributed by atoms with van der Waals surface area (Å²) in [5.41, 5.74) is 0.789. The van der Waals surface area contributed by atoms with Crippen LogP contribution in [0.25, 0.3) is 0 Å². The zero-order chi connectivity index (χ0) is 41.8. The van der Waals surface area contributed by atoms with Crippen LogP contribution in [0.4, 0.5) is 21.2 Å². The summed E-state index contributed by atoms with van der Waals surface area (Å²) in [5, 5.41) is 5.92. The van der Waals surface area contributed by atoms with Gasteiger partial charge in [-0.05, 0) is 96.2 Å². The fraction of sp³-hybridized carbons (Fsp3) is 0.634. The Morgan fingerprint density at radius 2 is 1.51 bits per heavy atom. The van der Waals surface area contributed by atoms with Gasteiger partial charge in [0.05, 0.1) is 52.4 Å². The summed E-state index contributed by atoms with van der Waals surface area (Å²) in [6.45, 7) is 15.6. The number of ether oxygens (including phenoxy) is 7. The number of amides is 3. The van der Waals surface area contributed by atoms with Crippen molar-refractivity contribution in [2.24, 2.45) is 5.92 Å². The van der Waals surface area contributed by atoms with Crippen molar-refractivity contribution in [2.45, 2.75) is 85.0 Å². The first-order valence-electron chi connectivity index (χ1n) is 19.5. The molecule has 0 fully saturated rings. The van der Waals surface area contributed by atoms with Gasteiger partial charge in [0.25, 0.3) is 0 Å². The van der Waals surface area contributed by atoms with Crippen molar-refractivity contribution >= 4 is 35.7 Å². The average molecular weight is 802 g/mol. The van der Waals surface area contributed by atoms with E-state index in [2.05, 4.69) is 15.6 Å². The van der Waals surface area contributed by atoms with E-state index in [-0.39, 0.29) is 12.3 Å². The molecule has 16 heteroatoms. The van der Waals surface area contributed by atoms with Crippen LogP contribution in [0.3, 0.4) is 0 Å². The topological polar surface area (TPSA) is 176 Å². The van der Waals surface area contributed by atoms with Crippen LogP contribution in [0, 0.1) is 5.92 Å². The predicted octanol–water partition coefficient (Wildman–Crippen LogP) is 5.36. The molecule has 1 unspecified atom stereocenters. The van der Waals surface area contributed by atoms with Gasteiger partial charge in [-0.1, -0.05) is 12.1 Å². The fourth-order valence-electron chi connectivity index (χ4n) is 5.62. The smallest absolute Gasteiger partial charge is 0.415 e. The van der Waals surface area contributed by atoms with E-state index in [0.717, 1.165) is 11.1 Å². The number of methoxy groups -OCH3 is 1. The number of pyridine rings is 1. The summed E-state index contributed by atoms with van der Waals surface area (Å²) in [6, 6.07) is 11.1. The zero-order valence-corrected chi connectivity index (χ0v) is 35.0. The molecule has 57 heavy (non-hydrogen) atoms. The number of aromatic nitrogens is 1. The van der Waals surface area contributed by atoms with E-state index in [1.54, 1.807) is 24.1 Å². The Kier molecular flexibility index (Phi) is 19.3. The number of nitrogens with one attached hydrogen (secondary N) is 2. The molecule has 0 bridgehead atoms. The highest BCUT2D eigenvalue weighted by molar-refractivity contribution is 5.86. The second kappa shape index (κ2) is 23.5. The van der Waals surface area contributed by atoms with Gasteiger partial charge in [0.15, 0.2) is 0 Å². The van der Waals surface area contributed by atoms with Crippen LogP contribution >= 0.6 is 0 Å². The van der Waals surface area contributed by atoms with Gasteiger partial charge < -0.3 is 48.7 Å². The van der Waals surface area contributed by atoms with Crippen molar-refractivity contribution in [3.05, 3.63) is 47.5 Å². The standard InChI is InChI=1S/C41H63N5O11/c1-40(2,3)56-38(49)43-16-10-19-52-22-24-54-25-23-53-20-11-18-46-29-32-27-33(15-14-30(32)26-31(37(46)48)28-36(47)51-8)55-21-17-42-34-12-9-13-35(44-34)45(7)39(50)57-41(4,5)6/h9,12-15,27,31H,10-11,16-26,28-29H2,1-8H3,(H,42,44)(H,43,49). The fourth-order valence-corrected chi connectivity index (χ4v) is 5.62. The summed E-state index contributed by atoms with van der Waals surface area (Å²) >= 11 is 0. The Labute approximate surface area is 337 Å². The summed E-state index contributed by atoms with van der Waals surface area (Å²) < 4.78 is 38.5. The van der Waals surface area contributed by atoms with Crippen LogP contribution in [0.5, 0.6) is 5.75 Å². The molecular weight excluding hydrogens is 738 g/mol. The van der Waals surface area contributed by atoms with Gasteiger partial charge in [-0.3, -0.25) is 14.5 Å². The molecule has 0 radical (unpaired) electrons. The third-order valence-corrected chi connectivity index (χ3v) is 8.32. The molecule has 3 rings (SSSR count). The molecule has 2 aromatic rings. The number of fused-ring (bicyclic) bond motifs is 1. The number of carbonyl (C=O) groups is 4. The summed E-state index contributed by atoms with van der Waals surface area (Å²) in [5.74, 6) is 0.627. The van der Waals surface area contributed by atoms with E-state index < -0.39 is 35.3 Å². The van der Waals surface area contributed by atoms with Crippen LogP contribution < -0.4 is 20.3 Å². The van der Waals surface area contributed by atoms with E-state index in [1.807, 2.05) is 65.8 Å². The van der Waals surface area contributed by atoms with Crippen LogP contribution in [0.15, 0.2) is 36.4 Å². The molecular formula is C41H63N5O11. The first kappa shape index (κ1) is 46.7. The normalized spacial score (nSPS) is 14.3. The van der Waals surface area contributed by atoms with Gasteiger partial charge in [-0.15, -0.1) is 0 Å². The quantitative estimate of drug-likeness (QED) is 0.0885. The number of hydrogen-bond donors (Lipinski definition) is 2. The van der Waals surface area contributed by atoms with Crippen LogP contribution in [0.1, 0.15) is 71.9 Å². The molecule has 2 heterocycles. The van der Waals surface area contributed by atoms with E-state index >= 15 is 0 Å². The summed E-state index contributed by atoms with van der Waals surface area (Å²) in [7, 11) is 2.94. The number of alkyl carbamates (subject to hydrolysis) is 1. The summed E-state index contributed by atoms with van der Waals surface area (Å²) in [6.07, 6.45) is 0.753. The third kappa shape index (κ3) is 18.4. The molecule has 0 saturated carbocycles. The van der Waals surface area contributed by atoms with Gasteiger partial charge >= 0.3 is 18.2 Å². The maximum absolute atomic E-state index is 13.6. The first-order valence-corrected chi connectivity index (χ1v) is 19.5. The molecule has 0 saturated heterocycles. The maximum atomic E-state index is 13.6. The Morgan fingerprint density at radius 3 is 2.18 bits per heavy atom. The lowest BCUT2D eigenvalue weighted by atomic mass is 9.94. The lowest BCUT2D eigenvalue weighted by molar-refractivity contribution is -0.147. The van der Waals surface area contributed by atoms with Gasteiger partial charge in [-0.2, -0.15) is 0 Å². The number of carbonyl (C=O) groups excluding carboxylic acids is 4. The molecule has 16 nitrogen and oxygen atoms in total. The van der Waals surface area contributed by atoms with Crippen LogP contribution in [-0.2, 0) is 51.0 Å². The molecule has 1 aromatic heterocycles. The number of esters is 1. The molecule has 1 atom stereocenters. The number of benzene rings is 1. The minimum absolute atomic E-state index is 0.00147. The number of hydrogen-bond acceptors (Lipinski definition) is 13. The Balaban J connectivity index is 1.41. The lowest BCUT2D eigenvalue weighted by Crippen LogP contribution is -2.36. The number of rotatable bonds is 22. The van der Waals surface area contributed by atoms with Gasteiger partial charge in [0, 0.05) is 39.9 Å². The van der Waals surface area contributed by atoms with Crippen LogP contribution in [0.2, 0.25) is 0 Å². The first-order chi connectivity index (χ1) is 27.0. The van der Waals surface area contributed by atoms with Crippen molar-refractivity contribution in [1.29, 1.82) is 0 Å². The second-order valence-corrected chi connectivity index (χ2v) is 15.5. The minimum atomic E-state index is -0.621. The molecule has 0 aliphatic carbocycles. The number of nitrogens with zero attached hydrogens (tertiary/aromatic N) is 3. The second-order valence-electron chi connectivity index (χ2n) is 15.5. The van der Waals surface area contributed by atoms with E-state index in [1.165, 1.54) is 12.0 Å². The van der Waals surface area contributed by atoms with Crippen molar-refractivity contribution in [3.8, 4) is 5.75 Å². The highest BCUT2D eigenvalue weighted by Crippen LogP contribution is 2.29. The van der Waals surface area contributed by atoms with E-state index in [9.17, 15) is 19.2 Å². The maximum Gasteiger partial charge on any atom is 0.415 e. The van der Waals surface area contributed by atoms with Crippen molar-refractivity contribution in [2.75, 3.05) is 90.3 Å². The highest BCUT2D eigenvalue weighted by atomic mass is 16.6. The molecule has 0 spiro atoms. The van der Waals surface area contributed by atoms with Crippen molar-refractivity contribution in [3.63, 3.8) is 0 Å². The van der Waals surface area contributed by atoms with E-state index in [0.29, 0.717) is 109 Å². The monoisotopic (exact) mass is 801 g/mol. The van der Waals surface area contributed by atoms with Gasteiger partial charge in [-0.25, -0.2) is 14.6 Å². The Hall–Kier alpha value is -4.67. The molecule has 1 aliphatic heterocycles. The van der Waals surface area contributed by atoms with Gasteiger partial charge in [0.2, 0.25) is 5.91 Å².